The fraction of sp³-hybridized carbons (Fsp3) is 0.0909. The summed E-state index contributed by atoms with van der Waals surface area (Å²) in [5.41, 5.74) is 1.61. The summed E-state index contributed by atoms with van der Waals surface area (Å²) >= 11 is 1.47. The Kier molecular flexibility index (Phi) is 5.21. The number of hydrogen-bond donors (Lipinski definition) is 0. The highest BCUT2D eigenvalue weighted by Gasteiger charge is 2.22. The van der Waals surface area contributed by atoms with Gasteiger partial charge in [0.2, 0.25) is 0 Å². The highest BCUT2D eigenvalue weighted by atomic mass is 32.1. The molecule has 140 valence electrons. The largest absolute Gasteiger partial charge is 0.493 e. The first-order valence-corrected chi connectivity index (χ1v) is 9.57. The number of aromatic nitrogens is 1. The maximum Gasteiger partial charge on any atom is 0.271 e. The summed E-state index contributed by atoms with van der Waals surface area (Å²) in [4.78, 5) is 19.4. The van der Waals surface area contributed by atoms with E-state index in [0.29, 0.717) is 16.6 Å². The van der Waals surface area contributed by atoms with Crippen molar-refractivity contribution in [3.63, 3.8) is 0 Å². The molecule has 0 bridgehead atoms. The number of benzene rings is 3. The van der Waals surface area contributed by atoms with Crippen molar-refractivity contribution in [3.05, 3.63) is 78.9 Å². The fourth-order valence-corrected chi connectivity index (χ4v) is 3.84. The van der Waals surface area contributed by atoms with Crippen LogP contribution in [0, 0.1) is 0 Å². The number of rotatable bonds is 6. The van der Waals surface area contributed by atoms with Crippen molar-refractivity contribution in [1.29, 1.82) is 0 Å². The van der Waals surface area contributed by atoms with E-state index in [1.54, 1.807) is 24.1 Å². The topological polar surface area (TPSA) is 51.7 Å². The molecule has 4 aromatic rings. The Labute approximate surface area is 166 Å². The minimum Gasteiger partial charge on any atom is -0.493 e. The molecule has 1 heterocycles. The highest BCUT2D eigenvalue weighted by Crippen LogP contribution is 2.34. The zero-order valence-electron chi connectivity index (χ0n) is 15.2. The van der Waals surface area contributed by atoms with Crippen molar-refractivity contribution >= 4 is 38.3 Å². The summed E-state index contributed by atoms with van der Waals surface area (Å²) in [6.45, 7) is -0.134. The molecule has 0 atom stereocenters. The molecule has 0 spiro atoms. The van der Waals surface area contributed by atoms with E-state index in [-0.39, 0.29) is 12.5 Å². The van der Waals surface area contributed by atoms with Crippen LogP contribution in [-0.2, 0) is 4.79 Å². The Hall–Kier alpha value is -3.38. The van der Waals surface area contributed by atoms with Gasteiger partial charge in [-0.1, -0.05) is 53.8 Å². The normalized spacial score (nSPS) is 10.6. The number of nitrogens with zero attached hydrogens (tertiary/aromatic N) is 2. The minimum absolute atomic E-state index is 0.134. The monoisotopic (exact) mass is 390 g/mol. The molecule has 1 aromatic heterocycles. The van der Waals surface area contributed by atoms with Gasteiger partial charge in [-0.15, -0.1) is 0 Å². The van der Waals surface area contributed by atoms with Gasteiger partial charge >= 0.3 is 0 Å². The van der Waals surface area contributed by atoms with E-state index in [1.807, 2.05) is 66.7 Å². The smallest absolute Gasteiger partial charge is 0.271 e. The third kappa shape index (κ3) is 3.68. The van der Waals surface area contributed by atoms with Crippen LogP contribution < -0.4 is 14.4 Å². The molecule has 6 heteroatoms. The average Bonchev–Trinajstić information content (AvgIpc) is 3.17. The van der Waals surface area contributed by atoms with E-state index < -0.39 is 0 Å². The number of carbonyl (C=O) groups is 1. The van der Waals surface area contributed by atoms with Crippen LogP contribution in [0.15, 0.2) is 78.9 Å². The molecular weight excluding hydrogens is 372 g/mol. The summed E-state index contributed by atoms with van der Waals surface area (Å²) in [7, 11) is 1.57. The van der Waals surface area contributed by atoms with Gasteiger partial charge in [-0.2, -0.15) is 0 Å². The van der Waals surface area contributed by atoms with Gasteiger partial charge in [0, 0.05) is 0 Å². The van der Waals surface area contributed by atoms with E-state index in [0.717, 1.165) is 15.9 Å². The van der Waals surface area contributed by atoms with Crippen LogP contribution in [0.4, 0.5) is 10.8 Å². The standard InChI is InChI=1S/C22H18N2O3S/c1-26-18-12-6-7-13-19(18)27-15-21(25)24(16-9-3-2-4-10-16)22-23-17-11-5-8-14-20(17)28-22/h2-14H,15H2,1H3. The SMILES string of the molecule is COc1ccccc1OCC(=O)N(c1ccccc1)c1nc2ccccc2s1. The van der Waals surface area contributed by atoms with Crippen molar-refractivity contribution in [2.75, 3.05) is 18.6 Å². The zero-order chi connectivity index (χ0) is 19.3. The second-order valence-corrected chi connectivity index (χ2v) is 6.98. The third-order valence-electron chi connectivity index (χ3n) is 4.16. The second kappa shape index (κ2) is 8.10. The lowest BCUT2D eigenvalue weighted by molar-refractivity contribution is -0.119. The van der Waals surface area contributed by atoms with Crippen LogP contribution in [0.3, 0.4) is 0 Å². The number of para-hydroxylation sites is 4. The number of thiazole rings is 1. The van der Waals surface area contributed by atoms with Gasteiger partial charge in [0.25, 0.3) is 5.91 Å². The molecule has 0 radical (unpaired) electrons. The molecule has 0 saturated carbocycles. The average molecular weight is 390 g/mol. The molecule has 4 rings (SSSR count). The second-order valence-electron chi connectivity index (χ2n) is 5.97. The molecule has 0 unspecified atom stereocenters. The Balaban J connectivity index is 1.64. The van der Waals surface area contributed by atoms with Crippen LogP contribution in [0.5, 0.6) is 11.5 Å². The van der Waals surface area contributed by atoms with Gasteiger partial charge in [0.15, 0.2) is 23.2 Å². The molecule has 5 nitrogen and oxygen atoms in total. The first-order chi connectivity index (χ1) is 13.8. The predicted molar refractivity (Wildman–Crippen MR) is 112 cm³/mol. The molecule has 0 N–H and O–H groups in total. The van der Waals surface area contributed by atoms with E-state index >= 15 is 0 Å². The van der Waals surface area contributed by atoms with Crippen LogP contribution in [-0.4, -0.2) is 24.6 Å². The van der Waals surface area contributed by atoms with Gasteiger partial charge in [-0.25, -0.2) is 4.98 Å². The fourth-order valence-electron chi connectivity index (χ4n) is 2.84. The maximum absolute atomic E-state index is 13.1. The Morgan fingerprint density at radius 1 is 0.929 bits per heavy atom. The number of ether oxygens (including phenoxy) is 2. The van der Waals surface area contributed by atoms with Crippen molar-refractivity contribution in [2.45, 2.75) is 0 Å². The first kappa shape index (κ1) is 18.0. The van der Waals surface area contributed by atoms with Crippen molar-refractivity contribution in [1.82, 2.24) is 4.98 Å². The quantitative estimate of drug-likeness (QED) is 0.462. The van der Waals surface area contributed by atoms with Gasteiger partial charge < -0.3 is 9.47 Å². The first-order valence-electron chi connectivity index (χ1n) is 8.75. The Bertz CT molecular complexity index is 1060. The molecule has 3 aromatic carbocycles. The summed E-state index contributed by atoms with van der Waals surface area (Å²) < 4.78 is 12.1. The number of methoxy groups -OCH3 is 1. The molecule has 0 aliphatic carbocycles. The molecule has 0 aliphatic heterocycles. The van der Waals surface area contributed by atoms with Crippen LogP contribution >= 0.6 is 11.3 Å². The van der Waals surface area contributed by atoms with Crippen molar-refractivity contribution in [2.24, 2.45) is 0 Å². The summed E-state index contributed by atoms with van der Waals surface area (Å²) in [5, 5.41) is 0.612. The number of amides is 1. The van der Waals surface area contributed by atoms with Crippen LogP contribution in [0.1, 0.15) is 0 Å². The van der Waals surface area contributed by atoms with E-state index in [2.05, 4.69) is 4.98 Å². The highest BCUT2D eigenvalue weighted by molar-refractivity contribution is 7.22. The number of anilines is 2. The van der Waals surface area contributed by atoms with Crippen molar-refractivity contribution < 1.29 is 14.3 Å². The molecule has 0 aliphatic rings. The summed E-state index contributed by atoms with van der Waals surface area (Å²) in [5.74, 6) is 0.897. The molecule has 0 fully saturated rings. The lowest BCUT2D eigenvalue weighted by Crippen LogP contribution is -2.30. The lowest BCUT2D eigenvalue weighted by Gasteiger charge is -2.20. The minimum atomic E-state index is -0.212. The van der Waals surface area contributed by atoms with Crippen molar-refractivity contribution in [3.8, 4) is 11.5 Å². The number of fused-ring (bicyclic) bond motifs is 1. The maximum atomic E-state index is 13.1. The number of hydrogen-bond acceptors (Lipinski definition) is 5. The van der Waals surface area contributed by atoms with Gasteiger partial charge in [0.1, 0.15) is 0 Å². The van der Waals surface area contributed by atoms with Crippen LogP contribution in [0.2, 0.25) is 0 Å². The zero-order valence-corrected chi connectivity index (χ0v) is 16.1. The summed E-state index contributed by atoms with van der Waals surface area (Å²) in [6, 6.07) is 24.6. The Morgan fingerprint density at radius 3 is 2.36 bits per heavy atom. The Morgan fingerprint density at radius 2 is 1.61 bits per heavy atom. The molecule has 0 saturated heterocycles. The number of carbonyl (C=O) groups excluding carboxylic acids is 1. The predicted octanol–water partition coefficient (Wildman–Crippen LogP) is 5.05. The lowest BCUT2D eigenvalue weighted by atomic mass is 10.3. The van der Waals surface area contributed by atoms with Gasteiger partial charge in [0.05, 0.1) is 23.0 Å². The molecule has 28 heavy (non-hydrogen) atoms. The van der Waals surface area contributed by atoms with E-state index in [9.17, 15) is 4.79 Å². The molecular formula is C22H18N2O3S. The third-order valence-corrected chi connectivity index (χ3v) is 5.18. The van der Waals surface area contributed by atoms with E-state index in [1.165, 1.54) is 11.3 Å². The van der Waals surface area contributed by atoms with Gasteiger partial charge in [-0.3, -0.25) is 9.69 Å². The van der Waals surface area contributed by atoms with Crippen LogP contribution in [0.25, 0.3) is 10.2 Å². The molecule has 1 amide bonds. The summed E-state index contributed by atoms with van der Waals surface area (Å²) in [6.07, 6.45) is 0. The van der Waals surface area contributed by atoms with E-state index in [4.69, 9.17) is 9.47 Å². The van der Waals surface area contributed by atoms with Gasteiger partial charge in [-0.05, 0) is 36.4 Å².